The molecule has 6 nitrogen and oxygen atoms in total. The molecule has 7 heteroatoms. The fourth-order valence-electron chi connectivity index (χ4n) is 4.25. The Bertz CT molecular complexity index is 937. The fourth-order valence-corrected chi connectivity index (χ4v) is 4.53. The fraction of sp³-hybridized carbons (Fsp3) is 0.636. The summed E-state index contributed by atoms with van der Waals surface area (Å²) < 4.78 is 13.5. The van der Waals surface area contributed by atoms with Crippen LogP contribution in [-0.4, -0.2) is 46.8 Å². The molecule has 0 amide bonds. The van der Waals surface area contributed by atoms with Gasteiger partial charge in [-0.3, -0.25) is 9.36 Å². The molecule has 1 aromatic carbocycles. The lowest BCUT2D eigenvalue weighted by Gasteiger charge is -2.35. The molecule has 29 heavy (non-hydrogen) atoms. The number of hydrogen-bond donors (Lipinski definition) is 1. The van der Waals surface area contributed by atoms with Gasteiger partial charge < -0.3 is 19.4 Å². The summed E-state index contributed by atoms with van der Waals surface area (Å²) in [5.41, 5.74) is 0.615. The highest BCUT2D eigenvalue weighted by molar-refractivity contribution is 7.71. The van der Waals surface area contributed by atoms with Gasteiger partial charge in [0, 0.05) is 25.2 Å². The molecule has 0 radical (unpaired) electrons. The third-order valence-corrected chi connectivity index (χ3v) is 6.02. The molecule has 1 aliphatic heterocycles. The van der Waals surface area contributed by atoms with Gasteiger partial charge in [-0.2, -0.15) is 0 Å². The van der Waals surface area contributed by atoms with Crippen LogP contribution in [-0.2, 0) is 6.54 Å². The molecule has 1 N–H and O–H groups in total. The molecule has 1 aliphatic rings. The molecule has 1 atom stereocenters. The molecule has 160 valence electrons. The van der Waals surface area contributed by atoms with Crippen molar-refractivity contribution in [3.05, 3.63) is 27.3 Å². The average molecular weight is 420 g/mol. The van der Waals surface area contributed by atoms with E-state index in [1.165, 1.54) is 25.7 Å². The van der Waals surface area contributed by atoms with Crippen LogP contribution in [0.2, 0.25) is 0 Å². The van der Waals surface area contributed by atoms with Gasteiger partial charge in [0.2, 0.25) is 0 Å². The van der Waals surface area contributed by atoms with Crippen molar-refractivity contribution in [2.24, 2.45) is 0 Å². The second kappa shape index (κ2) is 10.3. The number of aromatic nitrogens is 2. The second-order valence-corrected chi connectivity index (χ2v) is 7.93. The summed E-state index contributed by atoms with van der Waals surface area (Å²) in [4.78, 5) is 18.9. The van der Waals surface area contributed by atoms with Gasteiger partial charge in [0.15, 0.2) is 16.3 Å². The summed E-state index contributed by atoms with van der Waals surface area (Å²) in [6.07, 6.45) is 5.99. The molecule has 2 aromatic rings. The van der Waals surface area contributed by atoms with Gasteiger partial charge in [-0.15, -0.1) is 0 Å². The lowest BCUT2D eigenvalue weighted by molar-refractivity contribution is 0.140. The Hall–Kier alpha value is -1.86. The number of likely N-dealkylation sites (tertiary alicyclic amines) is 1. The van der Waals surface area contributed by atoms with Crippen LogP contribution in [0.5, 0.6) is 11.5 Å². The number of aromatic amines is 1. The molecule has 1 unspecified atom stereocenters. The quantitative estimate of drug-likeness (QED) is 0.606. The van der Waals surface area contributed by atoms with Gasteiger partial charge in [0.1, 0.15) is 0 Å². The molecule has 1 aromatic heterocycles. The number of piperidine rings is 1. The van der Waals surface area contributed by atoms with Crippen LogP contribution in [0.3, 0.4) is 0 Å². The zero-order valence-corrected chi connectivity index (χ0v) is 18.6. The summed E-state index contributed by atoms with van der Waals surface area (Å²) in [5, 5.41) is 0.579. The molecule has 1 saturated heterocycles. The van der Waals surface area contributed by atoms with Crippen LogP contribution in [0.15, 0.2) is 16.9 Å². The van der Waals surface area contributed by atoms with E-state index in [1.807, 2.05) is 19.9 Å². The Morgan fingerprint density at radius 2 is 1.83 bits per heavy atom. The van der Waals surface area contributed by atoms with Crippen molar-refractivity contribution < 1.29 is 9.47 Å². The van der Waals surface area contributed by atoms with Crippen LogP contribution in [0.1, 0.15) is 52.9 Å². The number of hydrogen-bond acceptors (Lipinski definition) is 5. The van der Waals surface area contributed by atoms with Crippen LogP contribution < -0.4 is 15.0 Å². The van der Waals surface area contributed by atoms with E-state index in [-0.39, 0.29) is 5.56 Å². The largest absolute Gasteiger partial charge is 0.490 e. The molecule has 2 heterocycles. The minimum absolute atomic E-state index is 0.0709. The maximum absolute atomic E-state index is 13.1. The van der Waals surface area contributed by atoms with Gasteiger partial charge >= 0.3 is 0 Å². The first kappa shape index (κ1) is 21.8. The van der Waals surface area contributed by atoms with Crippen LogP contribution in [0.4, 0.5) is 0 Å². The molecule has 3 rings (SSSR count). The van der Waals surface area contributed by atoms with Gasteiger partial charge in [0.05, 0.1) is 24.1 Å². The molecule has 0 saturated carbocycles. The van der Waals surface area contributed by atoms with Gasteiger partial charge in [-0.05, 0) is 64.4 Å². The van der Waals surface area contributed by atoms with E-state index >= 15 is 0 Å². The SMILES string of the molecule is CCOc1cc2[nH]c(=S)n(CCCN3CCCCC3CC)c(=O)c2cc1OCC. The van der Waals surface area contributed by atoms with Gasteiger partial charge in [-0.25, -0.2) is 0 Å². The third kappa shape index (κ3) is 5.01. The highest BCUT2D eigenvalue weighted by Gasteiger charge is 2.20. The Labute approximate surface area is 177 Å². The Balaban J connectivity index is 1.83. The standard InChI is InChI=1S/C22H33N3O3S/c1-4-16-10-7-8-11-24(16)12-9-13-25-21(26)17-14-19(27-5-2)20(28-6-3)15-18(17)23-22(25)29/h14-16H,4-13H2,1-3H3,(H,23,29). The molecular formula is C22H33N3O3S. The van der Waals surface area contributed by atoms with E-state index in [4.69, 9.17) is 21.7 Å². The van der Waals surface area contributed by atoms with E-state index in [0.29, 0.717) is 53.0 Å². The minimum Gasteiger partial charge on any atom is -0.490 e. The van der Waals surface area contributed by atoms with Crippen LogP contribution in [0.25, 0.3) is 10.9 Å². The van der Waals surface area contributed by atoms with Crippen molar-refractivity contribution in [2.75, 3.05) is 26.3 Å². The average Bonchev–Trinajstić information content (AvgIpc) is 2.72. The van der Waals surface area contributed by atoms with Crippen molar-refractivity contribution in [2.45, 2.75) is 65.5 Å². The molecule has 0 spiro atoms. The van der Waals surface area contributed by atoms with E-state index < -0.39 is 0 Å². The molecule has 0 aliphatic carbocycles. The number of H-pyrrole nitrogens is 1. The number of fused-ring (bicyclic) bond motifs is 1. The minimum atomic E-state index is -0.0709. The number of nitrogens with zero attached hydrogens (tertiary/aromatic N) is 2. The van der Waals surface area contributed by atoms with Crippen molar-refractivity contribution in [3.63, 3.8) is 0 Å². The van der Waals surface area contributed by atoms with E-state index in [1.54, 1.807) is 10.6 Å². The van der Waals surface area contributed by atoms with E-state index in [2.05, 4.69) is 16.8 Å². The third-order valence-electron chi connectivity index (χ3n) is 5.69. The predicted molar refractivity (Wildman–Crippen MR) is 120 cm³/mol. The summed E-state index contributed by atoms with van der Waals surface area (Å²) in [5.74, 6) is 1.22. The van der Waals surface area contributed by atoms with Crippen molar-refractivity contribution in [1.29, 1.82) is 0 Å². The smallest absolute Gasteiger partial charge is 0.262 e. The maximum Gasteiger partial charge on any atom is 0.262 e. The summed E-state index contributed by atoms with van der Waals surface area (Å²) in [7, 11) is 0. The molecular weight excluding hydrogens is 386 g/mol. The summed E-state index contributed by atoms with van der Waals surface area (Å²) in [6, 6.07) is 4.26. The first-order valence-electron chi connectivity index (χ1n) is 10.9. The van der Waals surface area contributed by atoms with E-state index in [9.17, 15) is 4.79 Å². The van der Waals surface area contributed by atoms with Crippen LogP contribution in [0, 0.1) is 4.77 Å². The summed E-state index contributed by atoms with van der Waals surface area (Å²) in [6.45, 7) is 9.93. The topological polar surface area (TPSA) is 59.5 Å². The second-order valence-electron chi connectivity index (χ2n) is 7.54. The monoisotopic (exact) mass is 419 g/mol. The molecule has 0 bridgehead atoms. The number of nitrogens with one attached hydrogen (secondary N) is 1. The Morgan fingerprint density at radius 1 is 1.10 bits per heavy atom. The number of benzene rings is 1. The zero-order valence-electron chi connectivity index (χ0n) is 17.8. The van der Waals surface area contributed by atoms with Crippen molar-refractivity contribution >= 4 is 23.1 Å². The Kier molecular flexibility index (Phi) is 7.72. The van der Waals surface area contributed by atoms with Crippen molar-refractivity contribution in [1.82, 2.24) is 14.5 Å². The number of ether oxygens (including phenoxy) is 2. The van der Waals surface area contributed by atoms with Gasteiger partial charge in [-0.1, -0.05) is 13.3 Å². The number of rotatable bonds is 9. The lowest BCUT2D eigenvalue weighted by Crippen LogP contribution is -2.40. The lowest BCUT2D eigenvalue weighted by atomic mass is 10.00. The van der Waals surface area contributed by atoms with Gasteiger partial charge in [0.25, 0.3) is 5.56 Å². The van der Waals surface area contributed by atoms with E-state index in [0.717, 1.165) is 19.5 Å². The first-order chi connectivity index (χ1) is 14.1. The molecule has 1 fully saturated rings. The zero-order chi connectivity index (χ0) is 20.8. The highest BCUT2D eigenvalue weighted by atomic mass is 32.1. The van der Waals surface area contributed by atoms with Crippen molar-refractivity contribution in [3.8, 4) is 11.5 Å². The first-order valence-corrected chi connectivity index (χ1v) is 11.3. The Morgan fingerprint density at radius 3 is 2.52 bits per heavy atom. The summed E-state index contributed by atoms with van der Waals surface area (Å²) >= 11 is 5.50. The maximum atomic E-state index is 13.1. The highest BCUT2D eigenvalue weighted by Crippen LogP contribution is 2.31. The predicted octanol–water partition coefficient (Wildman–Crippen LogP) is 4.51. The normalized spacial score (nSPS) is 17.6. The van der Waals surface area contributed by atoms with Crippen LogP contribution >= 0.6 is 12.2 Å².